The van der Waals surface area contributed by atoms with E-state index in [4.69, 9.17) is 9.47 Å². The van der Waals surface area contributed by atoms with Gasteiger partial charge >= 0.3 is 0 Å². The summed E-state index contributed by atoms with van der Waals surface area (Å²) in [5.41, 5.74) is 0.850. The van der Waals surface area contributed by atoms with Crippen molar-refractivity contribution in [3.8, 4) is 11.8 Å². The van der Waals surface area contributed by atoms with E-state index in [0.29, 0.717) is 18.4 Å². The van der Waals surface area contributed by atoms with Gasteiger partial charge in [0.15, 0.2) is 0 Å². The van der Waals surface area contributed by atoms with Crippen LogP contribution >= 0.6 is 0 Å². The molecule has 0 radical (unpaired) electrons. The molecule has 1 N–H and O–H groups in total. The van der Waals surface area contributed by atoms with Crippen LogP contribution < -0.4 is 14.8 Å². The van der Waals surface area contributed by atoms with Gasteiger partial charge in [0.25, 0.3) is 0 Å². The largest absolute Gasteiger partial charge is 0.476 e. The van der Waals surface area contributed by atoms with Crippen molar-refractivity contribution >= 4 is 0 Å². The van der Waals surface area contributed by atoms with Gasteiger partial charge in [-0.25, -0.2) is 0 Å². The molecule has 0 aliphatic carbocycles. The highest BCUT2D eigenvalue weighted by molar-refractivity contribution is 5.31. The number of ether oxygens (including phenoxy) is 2. The van der Waals surface area contributed by atoms with E-state index in [2.05, 4.69) is 10.3 Å². The van der Waals surface area contributed by atoms with Crippen LogP contribution in [-0.4, -0.2) is 23.7 Å². The lowest BCUT2D eigenvalue weighted by molar-refractivity contribution is 0.122. The summed E-state index contributed by atoms with van der Waals surface area (Å²) in [7, 11) is 0. The number of hydrogen-bond donors (Lipinski definition) is 1. The van der Waals surface area contributed by atoms with Crippen molar-refractivity contribution in [2.24, 2.45) is 0 Å². The summed E-state index contributed by atoms with van der Waals surface area (Å²) in [5.74, 6) is 1.31. The maximum atomic E-state index is 5.70. The molecular weight excluding hydrogens is 204 g/mol. The van der Waals surface area contributed by atoms with Crippen LogP contribution in [0.3, 0.4) is 0 Å². The Hall–Kier alpha value is -1.29. The molecule has 2 heterocycles. The van der Waals surface area contributed by atoms with E-state index in [0.717, 1.165) is 18.7 Å². The Kier molecular flexibility index (Phi) is 3.01. The lowest BCUT2D eigenvalue weighted by Crippen LogP contribution is -2.23. The molecule has 0 saturated carbocycles. The molecule has 0 bridgehead atoms. The number of pyridine rings is 1. The summed E-state index contributed by atoms with van der Waals surface area (Å²) >= 11 is 0. The van der Waals surface area contributed by atoms with Gasteiger partial charge in [-0.2, -0.15) is 4.98 Å². The van der Waals surface area contributed by atoms with Crippen molar-refractivity contribution in [1.82, 2.24) is 10.3 Å². The summed E-state index contributed by atoms with van der Waals surface area (Å²) in [6, 6.07) is 3.89. The number of nitrogens with zero attached hydrogens (tertiary/aromatic N) is 1. The number of aromatic nitrogens is 1. The fourth-order valence-corrected chi connectivity index (χ4v) is 1.53. The molecule has 4 heteroatoms. The number of hydrogen-bond acceptors (Lipinski definition) is 4. The predicted molar refractivity (Wildman–Crippen MR) is 61.8 cm³/mol. The number of rotatable bonds is 1. The molecule has 0 amide bonds. The lowest BCUT2D eigenvalue weighted by Gasteiger charge is -2.20. The SMILES string of the molecule is CC(C)(C)Oc1ccc2c(n1)OCCNC2. The Bertz CT molecular complexity index is 372. The average molecular weight is 222 g/mol. The van der Waals surface area contributed by atoms with Gasteiger partial charge in [0.2, 0.25) is 11.8 Å². The van der Waals surface area contributed by atoms with Gasteiger partial charge in [0, 0.05) is 24.7 Å². The highest BCUT2D eigenvalue weighted by Gasteiger charge is 2.16. The zero-order chi connectivity index (χ0) is 11.6. The van der Waals surface area contributed by atoms with E-state index in [1.165, 1.54) is 0 Å². The average Bonchev–Trinajstić information content (AvgIpc) is 2.39. The van der Waals surface area contributed by atoms with E-state index in [-0.39, 0.29) is 5.60 Å². The molecule has 1 aliphatic rings. The van der Waals surface area contributed by atoms with Crippen LogP contribution in [-0.2, 0) is 6.54 Å². The molecule has 0 unspecified atom stereocenters. The van der Waals surface area contributed by atoms with Gasteiger partial charge in [-0.1, -0.05) is 0 Å². The quantitative estimate of drug-likeness (QED) is 0.786. The molecule has 2 rings (SSSR count). The van der Waals surface area contributed by atoms with Crippen LogP contribution in [0.25, 0.3) is 0 Å². The van der Waals surface area contributed by atoms with E-state index in [1.807, 2.05) is 32.9 Å². The first-order chi connectivity index (χ1) is 7.54. The van der Waals surface area contributed by atoms with Crippen molar-refractivity contribution < 1.29 is 9.47 Å². The Morgan fingerprint density at radius 2 is 2.19 bits per heavy atom. The van der Waals surface area contributed by atoms with E-state index < -0.39 is 0 Å². The van der Waals surface area contributed by atoms with Crippen LogP contribution in [0.4, 0.5) is 0 Å². The highest BCUT2D eigenvalue weighted by Crippen LogP contribution is 2.23. The molecule has 1 aliphatic heterocycles. The third-order valence-electron chi connectivity index (χ3n) is 2.16. The molecule has 0 saturated heterocycles. The topological polar surface area (TPSA) is 43.4 Å². The molecule has 0 aromatic carbocycles. The first kappa shape index (κ1) is 11.2. The van der Waals surface area contributed by atoms with Gasteiger partial charge in [0.05, 0.1) is 0 Å². The number of nitrogens with one attached hydrogen (secondary N) is 1. The van der Waals surface area contributed by atoms with Crippen molar-refractivity contribution in [3.63, 3.8) is 0 Å². The second-order valence-electron chi connectivity index (χ2n) is 4.85. The standard InChI is InChI=1S/C12H18N2O2/c1-12(2,3)16-10-5-4-9-8-13-6-7-15-11(9)14-10/h4-5,13H,6-8H2,1-3H3. The van der Waals surface area contributed by atoms with Gasteiger partial charge in [-0.05, 0) is 26.8 Å². The second kappa shape index (κ2) is 4.29. The molecule has 16 heavy (non-hydrogen) atoms. The van der Waals surface area contributed by atoms with Crippen LogP contribution in [0.5, 0.6) is 11.8 Å². The summed E-state index contributed by atoms with van der Waals surface area (Å²) in [6.45, 7) is 8.32. The smallest absolute Gasteiger partial charge is 0.221 e. The molecule has 1 aromatic rings. The van der Waals surface area contributed by atoms with Crippen molar-refractivity contribution in [3.05, 3.63) is 17.7 Å². The summed E-state index contributed by atoms with van der Waals surface area (Å²) in [6.07, 6.45) is 0. The predicted octanol–water partition coefficient (Wildman–Crippen LogP) is 1.74. The molecule has 88 valence electrons. The maximum Gasteiger partial charge on any atom is 0.221 e. The first-order valence-electron chi connectivity index (χ1n) is 5.57. The third-order valence-corrected chi connectivity index (χ3v) is 2.16. The van der Waals surface area contributed by atoms with Gasteiger partial charge < -0.3 is 14.8 Å². The van der Waals surface area contributed by atoms with Crippen molar-refractivity contribution in [2.45, 2.75) is 32.9 Å². The highest BCUT2D eigenvalue weighted by atomic mass is 16.5. The Balaban J connectivity index is 2.21. The first-order valence-corrected chi connectivity index (χ1v) is 5.57. The van der Waals surface area contributed by atoms with Crippen LogP contribution in [0.1, 0.15) is 26.3 Å². The van der Waals surface area contributed by atoms with E-state index in [1.54, 1.807) is 0 Å². The second-order valence-corrected chi connectivity index (χ2v) is 4.85. The normalized spacial score (nSPS) is 15.9. The minimum atomic E-state index is -0.232. The van der Waals surface area contributed by atoms with Crippen molar-refractivity contribution in [2.75, 3.05) is 13.2 Å². The molecular formula is C12H18N2O2. The Labute approximate surface area is 96.0 Å². The van der Waals surface area contributed by atoms with E-state index in [9.17, 15) is 0 Å². The van der Waals surface area contributed by atoms with Crippen LogP contribution in [0, 0.1) is 0 Å². The van der Waals surface area contributed by atoms with E-state index >= 15 is 0 Å². The molecule has 0 atom stereocenters. The zero-order valence-electron chi connectivity index (χ0n) is 10.0. The maximum absolute atomic E-state index is 5.70. The van der Waals surface area contributed by atoms with Crippen LogP contribution in [0.2, 0.25) is 0 Å². The molecule has 0 spiro atoms. The monoisotopic (exact) mass is 222 g/mol. The van der Waals surface area contributed by atoms with Gasteiger partial charge in [-0.3, -0.25) is 0 Å². The summed E-state index contributed by atoms with van der Waals surface area (Å²) in [5, 5.41) is 3.27. The minimum Gasteiger partial charge on any atom is -0.476 e. The molecule has 1 aromatic heterocycles. The Morgan fingerprint density at radius 1 is 1.38 bits per heavy atom. The zero-order valence-corrected chi connectivity index (χ0v) is 10.0. The summed E-state index contributed by atoms with van der Waals surface area (Å²) in [4.78, 5) is 4.37. The summed E-state index contributed by atoms with van der Waals surface area (Å²) < 4.78 is 11.2. The molecule has 0 fully saturated rings. The fourth-order valence-electron chi connectivity index (χ4n) is 1.53. The van der Waals surface area contributed by atoms with Crippen molar-refractivity contribution in [1.29, 1.82) is 0 Å². The van der Waals surface area contributed by atoms with Gasteiger partial charge in [-0.15, -0.1) is 0 Å². The van der Waals surface area contributed by atoms with Gasteiger partial charge in [0.1, 0.15) is 12.2 Å². The third kappa shape index (κ3) is 2.85. The molecule has 4 nitrogen and oxygen atoms in total. The van der Waals surface area contributed by atoms with Crippen LogP contribution in [0.15, 0.2) is 12.1 Å². The fraction of sp³-hybridized carbons (Fsp3) is 0.583. The number of fused-ring (bicyclic) bond motifs is 1. The minimum absolute atomic E-state index is 0.232. The Morgan fingerprint density at radius 3 is 2.94 bits per heavy atom. The lowest BCUT2D eigenvalue weighted by atomic mass is 10.2.